The van der Waals surface area contributed by atoms with E-state index in [2.05, 4.69) is 52.4 Å². The van der Waals surface area contributed by atoms with Crippen LogP contribution in [0.5, 0.6) is 0 Å². The Labute approximate surface area is 119 Å². The summed E-state index contributed by atoms with van der Waals surface area (Å²) in [6.45, 7) is 4.56. The number of unbranched alkanes of at least 4 members (excludes halogenated alkanes) is 4. The maximum atomic E-state index is 3.71. The van der Waals surface area contributed by atoms with E-state index in [9.17, 15) is 0 Å². The minimum Gasteiger partial charge on any atom is -0.315 e. The lowest BCUT2D eigenvalue weighted by atomic mass is 9.71. The van der Waals surface area contributed by atoms with Gasteiger partial charge in [0.1, 0.15) is 0 Å². The fourth-order valence-corrected chi connectivity index (χ4v) is 3.59. The van der Waals surface area contributed by atoms with Gasteiger partial charge in [0, 0.05) is 23.0 Å². The molecule has 0 radical (unpaired) electrons. The zero-order valence-electron chi connectivity index (χ0n) is 11.3. The largest absolute Gasteiger partial charge is 0.315 e. The molecule has 18 heavy (non-hydrogen) atoms. The van der Waals surface area contributed by atoms with E-state index in [1.54, 1.807) is 0 Å². The Morgan fingerprint density at radius 3 is 2.44 bits per heavy atom. The molecule has 0 unspecified atom stereocenters. The summed E-state index contributed by atoms with van der Waals surface area (Å²) < 4.78 is 1.28. The van der Waals surface area contributed by atoms with Crippen molar-refractivity contribution in [3.05, 3.63) is 34.3 Å². The first-order valence-electron chi connectivity index (χ1n) is 7.24. The van der Waals surface area contributed by atoms with Crippen LogP contribution < -0.4 is 5.32 Å². The predicted octanol–water partition coefficient (Wildman–Crippen LogP) is 4.65. The van der Waals surface area contributed by atoms with Crippen LogP contribution >= 0.6 is 15.9 Å². The SMILES string of the molecule is CCCCCCCC1(c2ccccc2Br)CNC1. The predicted molar refractivity (Wildman–Crippen MR) is 82.1 cm³/mol. The van der Waals surface area contributed by atoms with Gasteiger partial charge in [-0.2, -0.15) is 0 Å². The van der Waals surface area contributed by atoms with Gasteiger partial charge in [-0.3, -0.25) is 0 Å². The summed E-state index contributed by atoms with van der Waals surface area (Å²) in [5, 5.41) is 3.46. The zero-order valence-corrected chi connectivity index (χ0v) is 12.9. The molecule has 1 aromatic rings. The van der Waals surface area contributed by atoms with Crippen LogP contribution in [0.15, 0.2) is 28.7 Å². The van der Waals surface area contributed by atoms with Crippen molar-refractivity contribution in [3.63, 3.8) is 0 Å². The highest BCUT2D eigenvalue weighted by Crippen LogP contribution is 2.38. The standard InChI is InChI=1S/C16H24BrN/c1-2-3-4-5-8-11-16(12-18-13-16)14-9-6-7-10-15(14)17/h6-7,9-10,18H,2-5,8,11-13H2,1H3. The Hall–Kier alpha value is -0.340. The van der Waals surface area contributed by atoms with Crippen LogP contribution in [0.1, 0.15) is 51.0 Å². The molecule has 0 aliphatic carbocycles. The van der Waals surface area contributed by atoms with Crippen molar-refractivity contribution < 1.29 is 0 Å². The molecule has 0 atom stereocenters. The van der Waals surface area contributed by atoms with Crippen molar-refractivity contribution in [3.8, 4) is 0 Å². The Morgan fingerprint density at radius 1 is 1.11 bits per heavy atom. The Balaban J connectivity index is 1.92. The molecule has 0 bridgehead atoms. The highest BCUT2D eigenvalue weighted by molar-refractivity contribution is 9.10. The van der Waals surface area contributed by atoms with Crippen LogP contribution in [0, 0.1) is 0 Å². The van der Waals surface area contributed by atoms with Gasteiger partial charge in [0.25, 0.3) is 0 Å². The molecule has 1 saturated heterocycles. The van der Waals surface area contributed by atoms with Gasteiger partial charge >= 0.3 is 0 Å². The minimum absolute atomic E-state index is 0.395. The van der Waals surface area contributed by atoms with Crippen molar-refractivity contribution in [1.29, 1.82) is 0 Å². The van der Waals surface area contributed by atoms with E-state index in [1.165, 1.54) is 48.6 Å². The average molecular weight is 310 g/mol. The van der Waals surface area contributed by atoms with Crippen LogP contribution in [0.2, 0.25) is 0 Å². The molecule has 100 valence electrons. The number of rotatable bonds is 7. The second-order valence-electron chi connectivity index (χ2n) is 5.53. The number of nitrogens with one attached hydrogen (secondary N) is 1. The van der Waals surface area contributed by atoms with Gasteiger partial charge in [-0.15, -0.1) is 0 Å². The van der Waals surface area contributed by atoms with Gasteiger partial charge in [-0.1, -0.05) is 73.2 Å². The number of benzene rings is 1. The molecule has 0 spiro atoms. The van der Waals surface area contributed by atoms with Gasteiger partial charge in [0.15, 0.2) is 0 Å². The molecule has 2 rings (SSSR count). The molecule has 1 nitrogen and oxygen atoms in total. The van der Waals surface area contributed by atoms with Crippen molar-refractivity contribution >= 4 is 15.9 Å². The van der Waals surface area contributed by atoms with E-state index in [0.717, 1.165) is 13.1 Å². The quantitative estimate of drug-likeness (QED) is 0.723. The van der Waals surface area contributed by atoms with Crippen molar-refractivity contribution in [2.45, 2.75) is 50.9 Å². The lowest BCUT2D eigenvalue weighted by molar-refractivity contribution is 0.248. The van der Waals surface area contributed by atoms with E-state index in [0.29, 0.717) is 5.41 Å². The molecule has 0 amide bonds. The van der Waals surface area contributed by atoms with Crippen LogP contribution in [0.3, 0.4) is 0 Å². The summed E-state index contributed by atoms with van der Waals surface area (Å²) in [6, 6.07) is 8.73. The van der Waals surface area contributed by atoms with E-state index in [4.69, 9.17) is 0 Å². The molecule has 1 aliphatic rings. The summed E-state index contributed by atoms with van der Waals surface area (Å²) in [5.41, 5.74) is 1.89. The second kappa shape index (κ2) is 6.72. The maximum absolute atomic E-state index is 3.71. The van der Waals surface area contributed by atoms with Gasteiger partial charge in [0.05, 0.1) is 0 Å². The molecular formula is C16H24BrN. The van der Waals surface area contributed by atoms with Gasteiger partial charge in [-0.05, 0) is 18.1 Å². The molecule has 1 N–H and O–H groups in total. The van der Waals surface area contributed by atoms with E-state index < -0.39 is 0 Å². The fourth-order valence-electron chi connectivity index (χ4n) is 2.89. The molecule has 1 aromatic carbocycles. The lowest BCUT2D eigenvalue weighted by Crippen LogP contribution is -2.56. The minimum atomic E-state index is 0.395. The van der Waals surface area contributed by atoms with Crippen LogP contribution in [0.4, 0.5) is 0 Å². The van der Waals surface area contributed by atoms with Gasteiger partial charge < -0.3 is 5.32 Å². The molecule has 1 fully saturated rings. The van der Waals surface area contributed by atoms with E-state index in [-0.39, 0.29) is 0 Å². The van der Waals surface area contributed by atoms with Crippen molar-refractivity contribution in [1.82, 2.24) is 5.32 Å². The molecular weight excluding hydrogens is 286 g/mol. The first kappa shape index (κ1) is 14.1. The van der Waals surface area contributed by atoms with E-state index in [1.807, 2.05) is 0 Å². The first-order chi connectivity index (χ1) is 8.78. The summed E-state index contributed by atoms with van der Waals surface area (Å²) in [7, 11) is 0. The highest BCUT2D eigenvalue weighted by Gasteiger charge is 2.38. The van der Waals surface area contributed by atoms with Crippen LogP contribution in [-0.2, 0) is 5.41 Å². The molecule has 2 heteroatoms. The zero-order chi connectivity index (χ0) is 12.8. The van der Waals surface area contributed by atoms with Crippen LogP contribution in [-0.4, -0.2) is 13.1 Å². The highest BCUT2D eigenvalue weighted by atomic mass is 79.9. The topological polar surface area (TPSA) is 12.0 Å². The smallest absolute Gasteiger partial charge is 0.0213 e. The second-order valence-corrected chi connectivity index (χ2v) is 6.38. The summed E-state index contributed by atoms with van der Waals surface area (Å²) >= 11 is 3.71. The molecule has 0 saturated carbocycles. The first-order valence-corrected chi connectivity index (χ1v) is 8.03. The van der Waals surface area contributed by atoms with Gasteiger partial charge in [0.2, 0.25) is 0 Å². The number of hydrogen-bond donors (Lipinski definition) is 1. The van der Waals surface area contributed by atoms with Crippen molar-refractivity contribution in [2.75, 3.05) is 13.1 Å². The third kappa shape index (κ3) is 3.16. The fraction of sp³-hybridized carbons (Fsp3) is 0.625. The summed E-state index contributed by atoms with van der Waals surface area (Å²) in [5.74, 6) is 0. The lowest BCUT2D eigenvalue weighted by Gasteiger charge is -2.44. The maximum Gasteiger partial charge on any atom is 0.0213 e. The average Bonchev–Trinajstić information content (AvgIpc) is 2.33. The third-order valence-corrected chi connectivity index (χ3v) is 4.82. The van der Waals surface area contributed by atoms with Crippen molar-refractivity contribution in [2.24, 2.45) is 0 Å². The molecule has 1 aliphatic heterocycles. The van der Waals surface area contributed by atoms with E-state index >= 15 is 0 Å². The van der Waals surface area contributed by atoms with Gasteiger partial charge in [-0.25, -0.2) is 0 Å². The van der Waals surface area contributed by atoms with Crippen LogP contribution in [0.25, 0.3) is 0 Å². The molecule has 0 aromatic heterocycles. The monoisotopic (exact) mass is 309 g/mol. The number of hydrogen-bond acceptors (Lipinski definition) is 1. The number of halogens is 1. The Bertz CT molecular complexity index is 371. The normalized spacial score (nSPS) is 17.4. The summed E-state index contributed by atoms with van der Waals surface area (Å²) in [4.78, 5) is 0. The Kier molecular flexibility index (Phi) is 5.25. The summed E-state index contributed by atoms with van der Waals surface area (Å²) in [6.07, 6.45) is 8.20. The Morgan fingerprint density at radius 2 is 1.83 bits per heavy atom. The third-order valence-electron chi connectivity index (χ3n) is 4.13. The molecule has 1 heterocycles.